The van der Waals surface area contributed by atoms with E-state index in [1.807, 2.05) is 18.2 Å². The Morgan fingerprint density at radius 2 is 0.875 bits per heavy atom. The summed E-state index contributed by atoms with van der Waals surface area (Å²) in [5.74, 6) is 0.475. The van der Waals surface area contributed by atoms with Crippen LogP contribution in [0.1, 0.15) is 11.1 Å². The van der Waals surface area contributed by atoms with Gasteiger partial charge in [0, 0.05) is 48.9 Å². The molecule has 336 valence electrons. The molecule has 4 aromatic carbocycles. The van der Waals surface area contributed by atoms with Crippen LogP contribution in [0.2, 0.25) is 0 Å². The van der Waals surface area contributed by atoms with Crippen molar-refractivity contribution < 1.29 is 46.4 Å². The van der Waals surface area contributed by atoms with Gasteiger partial charge in [-0.2, -0.15) is 46.7 Å². The van der Waals surface area contributed by atoms with E-state index in [4.69, 9.17) is 0 Å². The van der Waals surface area contributed by atoms with Crippen molar-refractivity contribution >= 4 is 90.8 Å². The molecule has 22 nitrogen and oxygen atoms in total. The Hall–Kier alpha value is -6.90. The van der Waals surface area contributed by atoms with E-state index in [-0.39, 0.29) is 104 Å². The number of hydrogen-bond donors (Lipinski definition) is 10. The second-order valence-electron chi connectivity index (χ2n) is 13.5. The first-order valence-electron chi connectivity index (χ1n) is 19.3. The van der Waals surface area contributed by atoms with Gasteiger partial charge in [-0.15, -0.1) is 0 Å². The van der Waals surface area contributed by atoms with Gasteiger partial charge in [-0.25, -0.2) is 0 Å². The number of para-hydroxylation sites is 1. The van der Waals surface area contributed by atoms with Crippen molar-refractivity contribution in [2.24, 2.45) is 0 Å². The number of nitrogens with one attached hydrogen (secondary N) is 4. The predicted octanol–water partition coefficient (Wildman–Crippen LogP) is 3.28. The van der Waals surface area contributed by atoms with Crippen molar-refractivity contribution in [3.8, 4) is 0 Å². The minimum Gasteiger partial charge on any atom is -0.395 e. The summed E-state index contributed by atoms with van der Waals surface area (Å²) in [7, 11) is -9.16. The fraction of sp³-hybridized carbons (Fsp3) is 0.200. The third kappa shape index (κ3) is 13.1. The zero-order valence-corrected chi connectivity index (χ0v) is 35.4. The third-order valence-electron chi connectivity index (χ3n) is 8.90. The quantitative estimate of drug-likeness (QED) is 0.0345. The first-order valence-corrected chi connectivity index (χ1v) is 22.2. The minimum absolute atomic E-state index is 0.00386. The van der Waals surface area contributed by atoms with Gasteiger partial charge in [0.1, 0.15) is 4.90 Å². The van der Waals surface area contributed by atoms with E-state index >= 15 is 0 Å². The van der Waals surface area contributed by atoms with E-state index < -0.39 is 25.1 Å². The highest BCUT2D eigenvalue weighted by atomic mass is 32.2. The molecule has 64 heavy (non-hydrogen) atoms. The molecule has 24 heteroatoms. The van der Waals surface area contributed by atoms with Crippen LogP contribution < -0.4 is 31.1 Å². The SMILES string of the molecule is O=S(=O)(O)c1ccc(Nc2nc(Nc3ccc(/C=C/c4ccc(Nc5nc(Nc6ccccc6)nc(N(CCO)CCO)n5)cc4S(=O)(=O)O)cc3)nc(N(CCO)CCO)n2)cc1. The summed E-state index contributed by atoms with van der Waals surface area (Å²) >= 11 is 0. The Labute approximate surface area is 367 Å². The number of hydrogen-bond acceptors (Lipinski definition) is 20. The molecule has 0 bridgehead atoms. The van der Waals surface area contributed by atoms with Crippen LogP contribution in [0.25, 0.3) is 12.2 Å². The number of aromatic nitrogens is 6. The molecule has 10 N–H and O–H groups in total. The zero-order chi connectivity index (χ0) is 45.7. The molecular formula is C40H44N12O10S2. The third-order valence-corrected chi connectivity index (χ3v) is 10.7. The van der Waals surface area contributed by atoms with Crippen molar-refractivity contribution in [1.29, 1.82) is 0 Å². The number of rotatable bonds is 22. The van der Waals surface area contributed by atoms with Gasteiger partial charge in [0.05, 0.1) is 31.3 Å². The second kappa shape index (κ2) is 21.5. The predicted molar refractivity (Wildman–Crippen MR) is 240 cm³/mol. The summed E-state index contributed by atoms with van der Waals surface area (Å²) in [5, 5.41) is 50.5. The van der Waals surface area contributed by atoms with Crippen LogP contribution in [0.5, 0.6) is 0 Å². The smallest absolute Gasteiger partial charge is 0.295 e. The Morgan fingerprint density at radius 1 is 0.469 bits per heavy atom. The molecule has 0 unspecified atom stereocenters. The molecule has 6 aromatic rings. The van der Waals surface area contributed by atoms with E-state index in [1.54, 1.807) is 53.4 Å². The van der Waals surface area contributed by atoms with Crippen LogP contribution in [0, 0.1) is 0 Å². The van der Waals surface area contributed by atoms with Gasteiger partial charge >= 0.3 is 0 Å². The first-order chi connectivity index (χ1) is 30.7. The van der Waals surface area contributed by atoms with Crippen molar-refractivity contribution in [2.75, 3.05) is 83.7 Å². The van der Waals surface area contributed by atoms with Gasteiger partial charge in [-0.1, -0.05) is 48.6 Å². The topological polar surface area (TPSA) is 322 Å². The lowest BCUT2D eigenvalue weighted by Crippen LogP contribution is -2.31. The summed E-state index contributed by atoms with van der Waals surface area (Å²) in [6.45, 7) is -0.594. The maximum Gasteiger partial charge on any atom is 0.295 e. The van der Waals surface area contributed by atoms with Crippen molar-refractivity contribution in [2.45, 2.75) is 9.79 Å². The molecule has 6 rings (SSSR count). The maximum absolute atomic E-state index is 12.6. The summed E-state index contributed by atoms with van der Waals surface area (Å²) in [4.78, 5) is 28.9. The molecule has 0 atom stereocenters. The molecule has 2 aromatic heterocycles. The van der Waals surface area contributed by atoms with Gasteiger partial charge in [-0.05, 0) is 71.8 Å². The lowest BCUT2D eigenvalue weighted by atomic mass is 10.1. The standard InChI is InChI=1S/C40H44N12O10S2/c53-22-18-51(19-23-54)39-48-36(45-37(49-39)43-31-14-16-33(17-15-31)63(57,58)59)42-30-11-7-27(8-12-30)6-9-28-10-13-32(26-34(28)64(60,61)62)44-38-46-35(41-29-4-2-1-3-5-29)47-40(50-38)52(20-24-55)21-25-56/h1-17,26,53-56H,18-25H2,(H,57,58,59)(H,60,61,62)(H2,41,44,46,47,50)(H2,42,43,45,48,49)/b9-6+. The molecule has 0 aliphatic heterocycles. The van der Waals surface area contributed by atoms with E-state index in [2.05, 4.69) is 51.2 Å². The van der Waals surface area contributed by atoms with E-state index in [1.165, 1.54) is 47.4 Å². The number of anilines is 10. The molecule has 0 aliphatic carbocycles. The van der Waals surface area contributed by atoms with E-state index in [0.717, 1.165) is 0 Å². The van der Waals surface area contributed by atoms with Crippen LogP contribution in [0.3, 0.4) is 0 Å². The number of benzene rings is 4. The summed E-state index contributed by atoms with van der Waals surface area (Å²) < 4.78 is 67.8. The first kappa shape index (κ1) is 46.6. The van der Waals surface area contributed by atoms with Crippen molar-refractivity contribution in [3.63, 3.8) is 0 Å². The van der Waals surface area contributed by atoms with Gasteiger partial charge in [0.2, 0.25) is 35.7 Å². The average molecular weight is 917 g/mol. The van der Waals surface area contributed by atoms with E-state index in [0.29, 0.717) is 22.6 Å². The van der Waals surface area contributed by atoms with Gasteiger partial charge < -0.3 is 51.5 Å². The Bertz CT molecular complexity index is 2740. The number of aliphatic hydroxyl groups excluding tert-OH is 4. The average Bonchev–Trinajstić information content (AvgIpc) is 3.26. The van der Waals surface area contributed by atoms with Crippen LogP contribution in [0.15, 0.2) is 107 Å². The highest BCUT2D eigenvalue weighted by molar-refractivity contribution is 7.86. The van der Waals surface area contributed by atoms with Gasteiger partial charge in [-0.3, -0.25) is 9.11 Å². The van der Waals surface area contributed by atoms with Crippen LogP contribution in [0.4, 0.5) is 58.4 Å². The van der Waals surface area contributed by atoms with Gasteiger partial charge in [0.15, 0.2) is 0 Å². The highest BCUT2D eigenvalue weighted by Crippen LogP contribution is 2.27. The Morgan fingerprint density at radius 3 is 1.30 bits per heavy atom. The summed E-state index contributed by atoms with van der Waals surface area (Å²) in [6, 6.07) is 25.4. The molecule has 0 aliphatic rings. The second-order valence-corrected chi connectivity index (χ2v) is 16.3. The molecule has 0 fully saturated rings. The van der Waals surface area contributed by atoms with Crippen LogP contribution in [-0.4, -0.2) is 129 Å². The lowest BCUT2D eigenvalue weighted by Gasteiger charge is -2.21. The van der Waals surface area contributed by atoms with Crippen LogP contribution in [-0.2, 0) is 20.2 Å². The molecule has 0 spiro atoms. The largest absolute Gasteiger partial charge is 0.395 e. The lowest BCUT2D eigenvalue weighted by molar-refractivity contribution is 0.279. The fourth-order valence-corrected chi connectivity index (χ4v) is 7.12. The molecule has 0 radical (unpaired) electrons. The fourth-order valence-electron chi connectivity index (χ4n) is 5.93. The molecule has 0 saturated heterocycles. The number of nitrogens with zero attached hydrogens (tertiary/aromatic N) is 8. The van der Waals surface area contributed by atoms with Crippen molar-refractivity contribution in [1.82, 2.24) is 29.9 Å². The monoisotopic (exact) mass is 916 g/mol. The molecule has 0 saturated carbocycles. The molecular weight excluding hydrogens is 873 g/mol. The Kier molecular flexibility index (Phi) is 15.6. The minimum atomic E-state index is -4.75. The van der Waals surface area contributed by atoms with Crippen LogP contribution >= 0.6 is 0 Å². The zero-order valence-electron chi connectivity index (χ0n) is 33.8. The normalized spacial score (nSPS) is 11.7. The molecule has 0 amide bonds. The van der Waals surface area contributed by atoms with Gasteiger partial charge in [0.25, 0.3) is 20.2 Å². The summed E-state index contributed by atoms with van der Waals surface area (Å²) in [5.41, 5.74) is 2.60. The maximum atomic E-state index is 12.6. The number of aliphatic hydroxyl groups is 4. The van der Waals surface area contributed by atoms with Crippen molar-refractivity contribution in [3.05, 3.63) is 108 Å². The van der Waals surface area contributed by atoms with E-state index in [9.17, 15) is 46.4 Å². The highest BCUT2D eigenvalue weighted by Gasteiger charge is 2.19. The summed E-state index contributed by atoms with van der Waals surface area (Å²) in [6.07, 6.45) is 3.14. The Balaban J connectivity index is 1.22. The molecule has 2 heterocycles.